The molecule has 5 heteroatoms. The van der Waals surface area contributed by atoms with Gasteiger partial charge in [0.15, 0.2) is 5.60 Å². The Labute approximate surface area is 98.2 Å². The topological polar surface area (TPSA) is 42.4 Å². The zero-order valence-electron chi connectivity index (χ0n) is 8.86. The van der Waals surface area contributed by atoms with Crippen LogP contribution in [0.15, 0.2) is 12.3 Å². The van der Waals surface area contributed by atoms with E-state index >= 15 is 0 Å². The molecule has 16 heavy (non-hydrogen) atoms. The highest BCUT2D eigenvalue weighted by Crippen LogP contribution is 2.43. The van der Waals surface area contributed by atoms with E-state index in [0.717, 1.165) is 25.1 Å². The quantitative estimate of drug-likeness (QED) is 0.507. The third-order valence-corrected chi connectivity index (χ3v) is 3.50. The Hall–Kier alpha value is -1.13. The van der Waals surface area contributed by atoms with Gasteiger partial charge < -0.3 is 9.64 Å². The Bertz CT molecular complexity index is 477. The second-order valence-corrected chi connectivity index (χ2v) is 4.81. The third-order valence-electron chi connectivity index (χ3n) is 3.29. The number of nitrogens with zero attached hydrogens (tertiary/aromatic N) is 2. The van der Waals surface area contributed by atoms with Gasteiger partial charge in [-0.05, 0) is 13.1 Å². The van der Waals surface area contributed by atoms with Crippen LogP contribution >= 0.6 is 11.6 Å². The number of pyridine rings is 1. The van der Waals surface area contributed by atoms with Gasteiger partial charge in [-0.1, -0.05) is 11.6 Å². The van der Waals surface area contributed by atoms with Crippen LogP contribution in [0.3, 0.4) is 0 Å². The third kappa shape index (κ3) is 1.26. The van der Waals surface area contributed by atoms with Gasteiger partial charge in [0, 0.05) is 31.3 Å². The molecular formula is C11H11ClN2O2. The maximum absolute atomic E-state index is 11.7. The molecule has 1 aromatic heterocycles. The number of halogens is 1. The van der Waals surface area contributed by atoms with E-state index in [0.29, 0.717) is 10.7 Å². The highest BCUT2D eigenvalue weighted by Gasteiger charge is 2.49. The van der Waals surface area contributed by atoms with Crippen LogP contribution in [0.25, 0.3) is 0 Å². The van der Waals surface area contributed by atoms with Gasteiger partial charge in [0.05, 0.1) is 5.56 Å². The smallest absolute Gasteiger partial charge is 0.341 e. The van der Waals surface area contributed by atoms with Crippen LogP contribution in [0.4, 0.5) is 0 Å². The lowest BCUT2D eigenvalue weighted by Gasteiger charge is -2.22. The van der Waals surface area contributed by atoms with Gasteiger partial charge in [0.1, 0.15) is 5.15 Å². The summed E-state index contributed by atoms with van der Waals surface area (Å²) in [6, 6.07) is 1.75. The molecule has 1 spiro atoms. The van der Waals surface area contributed by atoms with E-state index in [1.165, 1.54) is 6.20 Å². The van der Waals surface area contributed by atoms with E-state index in [1.54, 1.807) is 6.07 Å². The van der Waals surface area contributed by atoms with Crippen molar-refractivity contribution in [3.63, 3.8) is 0 Å². The maximum Gasteiger partial charge on any atom is 0.341 e. The summed E-state index contributed by atoms with van der Waals surface area (Å²) in [6.07, 6.45) is 2.33. The fraction of sp³-hybridized carbons (Fsp3) is 0.455. The largest absolute Gasteiger partial charge is 0.449 e. The fourth-order valence-electron chi connectivity index (χ4n) is 2.53. The summed E-state index contributed by atoms with van der Waals surface area (Å²) in [4.78, 5) is 17.8. The average molecular weight is 239 g/mol. The molecule has 1 aromatic rings. The van der Waals surface area contributed by atoms with E-state index in [2.05, 4.69) is 9.88 Å². The number of hydrogen-bond donors (Lipinski definition) is 0. The second-order valence-electron chi connectivity index (χ2n) is 4.42. The van der Waals surface area contributed by atoms with Gasteiger partial charge >= 0.3 is 5.97 Å². The van der Waals surface area contributed by atoms with Crippen LogP contribution < -0.4 is 0 Å². The first-order valence-electron chi connectivity index (χ1n) is 5.19. The van der Waals surface area contributed by atoms with Gasteiger partial charge in [-0.25, -0.2) is 9.78 Å². The SMILES string of the molecule is CN1CCC2(C1)OC(=O)c1cnc(Cl)cc12. The molecule has 0 saturated carbocycles. The van der Waals surface area contributed by atoms with Crippen molar-refractivity contribution in [3.05, 3.63) is 28.5 Å². The first-order chi connectivity index (χ1) is 7.61. The van der Waals surface area contributed by atoms with Crippen molar-refractivity contribution < 1.29 is 9.53 Å². The number of rotatable bonds is 0. The molecular weight excluding hydrogens is 228 g/mol. The van der Waals surface area contributed by atoms with Crippen molar-refractivity contribution in [2.24, 2.45) is 0 Å². The van der Waals surface area contributed by atoms with Crippen LogP contribution in [0, 0.1) is 0 Å². The van der Waals surface area contributed by atoms with Gasteiger partial charge in [-0.3, -0.25) is 0 Å². The van der Waals surface area contributed by atoms with Crippen LogP contribution in [0.5, 0.6) is 0 Å². The molecule has 0 bridgehead atoms. The minimum atomic E-state index is -0.492. The molecule has 0 aromatic carbocycles. The molecule has 1 atom stereocenters. The summed E-state index contributed by atoms with van der Waals surface area (Å²) in [5.74, 6) is -0.283. The monoisotopic (exact) mass is 238 g/mol. The number of carbonyl (C=O) groups is 1. The van der Waals surface area contributed by atoms with Crippen molar-refractivity contribution in [2.75, 3.05) is 20.1 Å². The van der Waals surface area contributed by atoms with Crippen molar-refractivity contribution in [2.45, 2.75) is 12.0 Å². The number of fused-ring (bicyclic) bond motifs is 2. The first kappa shape index (κ1) is 10.1. The van der Waals surface area contributed by atoms with Crippen LogP contribution in [-0.4, -0.2) is 36.0 Å². The molecule has 1 fully saturated rings. The Morgan fingerprint density at radius 3 is 3.12 bits per heavy atom. The molecule has 3 heterocycles. The number of esters is 1. The fourth-order valence-corrected chi connectivity index (χ4v) is 2.68. The number of hydrogen-bond acceptors (Lipinski definition) is 4. The predicted octanol–water partition coefficient (Wildman–Crippen LogP) is 1.44. The van der Waals surface area contributed by atoms with E-state index < -0.39 is 5.60 Å². The molecule has 0 radical (unpaired) electrons. The molecule has 4 nitrogen and oxygen atoms in total. The van der Waals surface area contributed by atoms with Gasteiger partial charge in [-0.2, -0.15) is 0 Å². The Morgan fingerprint density at radius 1 is 1.62 bits per heavy atom. The summed E-state index contributed by atoms with van der Waals surface area (Å²) in [7, 11) is 2.02. The number of likely N-dealkylation sites (tertiary alicyclic amines) is 1. The maximum atomic E-state index is 11.7. The first-order valence-corrected chi connectivity index (χ1v) is 5.56. The number of likely N-dealkylation sites (N-methyl/N-ethyl adjacent to an activating group) is 1. The Kier molecular flexibility index (Phi) is 2.00. The number of ether oxygens (including phenoxy) is 1. The lowest BCUT2D eigenvalue weighted by Crippen LogP contribution is -2.29. The summed E-state index contributed by atoms with van der Waals surface area (Å²) in [5, 5.41) is 0.408. The molecule has 0 amide bonds. The zero-order valence-corrected chi connectivity index (χ0v) is 9.62. The summed E-state index contributed by atoms with van der Waals surface area (Å²) in [6.45, 7) is 1.65. The molecule has 0 N–H and O–H groups in total. The van der Waals surface area contributed by atoms with Crippen LogP contribution in [0.2, 0.25) is 5.15 Å². The highest BCUT2D eigenvalue weighted by molar-refractivity contribution is 6.29. The molecule has 3 rings (SSSR count). The minimum absolute atomic E-state index is 0.283. The highest BCUT2D eigenvalue weighted by atomic mass is 35.5. The van der Waals surface area contributed by atoms with Gasteiger partial charge in [-0.15, -0.1) is 0 Å². The average Bonchev–Trinajstić information content (AvgIpc) is 2.71. The zero-order chi connectivity index (χ0) is 11.3. The van der Waals surface area contributed by atoms with E-state index in [4.69, 9.17) is 16.3 Å². The standard InChI is InChI=1S/C11H11ClN2O2/c1-14-3-2-11(6-14)8-4-9(12)13-5-7(8)10(15)16-11/h4-5H,2-3,6H2,1H3. The number of carbonyl (C=O) groups excluding carboxylic acids is 1. The normalized spacial score (nSPS) is 28.5. The summed E-state index contributed by atoms with van der Waals surface area (Å²) in [5.41, 5.74) is 0.954. The molecule has 84 valence electrons. The Morgan fingerprint density at radius 2 is 2.44 bits per heavy atom. The Balaban J connectivity index is 2.14. The van der Waals surface area contributed by atoms with E-state index in [-0.39, 0.29) is 5.97 Å². The second kappa shape index (κ2) is 3.18. The molecule has 2 aliphatic rings. The summed E-state index contributed by atoms with van der Waals surface area (Å²) < 4.78 is 5.53. The molecule has 1 unspecified atom stereocenters. The van der Waals surface area contributed by atoms with Crippen LogP contribution in [-0.2, 0) is 10.3 Å². The molecule has 2 aliphatic heterocycles. The van der Waals surface area contributed by atoms with Crippen LogP contribution in [0.1, 0.15) is 22.3 Å². The number of aromatic nitrogens is 1. The minimum Gasteiger partial charge on any atom is -0.449 e. The lowest BCUT2D eigenvalue weighted by atomic mass is 9.93. The van der Waals surface area contributed by atoms with Crippen molar-refractivity contribution in [3.8, 4) is 0 Å². The van der Waals surface area contributed by atoms with E-state index in [1.807, 2.05) is 7.05 Å². The van der Waals surface area contributed by atoms with E-state index in [9.17, 15) is 4.79 Å². The predicted molar refractivity (Wildman–Crippen MR) is 58.5 cm³/mol. The van der Waals surface area contributed by atoms with Crippen molar-refractivity contribution in [1.82, 2.24) is 9.88 Å². The van der Waals surface area contributed by atoms with Crippen molar-refractivity contribution in [1.29, 1.82) is 0 Å². The van der Waals surface area contributed by atoms with Gasteiger partial charge in [0.25, 0.3) is 0 Å². The van der Waals surface area contributed by atoms with Gasteiger partial charge in [0.2, 0.25) is 0 Å². The molecule has 0 aliphatic carbocycles. The summed E-state index contributed by atoms with van der Waals surface area (Å²) >= 11 is 5.88. The lowest BCUT2D eigenvalue weighted by molar-refractivity contribution is -0.00224. The van der Waals surface area contributed by atoms with Crippen molar-refractivity contribution >= 4 is 17.6 Å². The molecule has 1 saturated heterocycles.